The molecule has 8 heteroatoms. The number of rotatable bonds is 7. The molecule has 1 fully saturated rings. The maximum Gasteiger partial charge on any atom is 0.272 e. The van der Waals surface area contributed by atoms with Gasteiger partial charge in [0.05, 0.1) is 23.7 Å². The van der Waals surface area contributed by atoms with Crippen LogP contribution in [0.4, 0.5) is 5.69 Å². The summed E-state index contributed by atoms with van der Waals surface area (Å²) in [7, 11) is 3.62. The number of nitro groups is 1. The molecule has 1 N–H and O–H groups in total. The average Bonchev–Trinajstić information content (AvgIpc) is 2.85. The zero-order valence-electron chi connectivity index (χ0n) is 20.4. The van der Waals surface area contributed by atoms with E-state index in [0.717, 1.165) is 49.2 Å². The van der Waals surface area contributed by atoms with Gasteiger partial charge in [0.1, 0.15) is 0 Å². The lowest BCUT2D eigenvalue weighted by molar-refractivity contribution is -0.385. The van der Waals surface area contributed by atoms with Gasteiger partial charge in [0, 0.05) is 61.7 Å². The Hall–Kier alpha value is -3.07. The number of fused-ring (bicyclic) bond motifs is 1. The van der Waals surface area contributed by atoms with Crippen LogP contribution in [0.15, 0.2) is 48.5 Å². The van der Waals surface area contributed by atoms with E-state index in [4.69, 9.17) is 4.74 Å². The molecule has 8 nitrogen and oxygen atoms in total. The van der Waals surface area contributed by atoms with E-state index in [9.17, 15) is 15.2 Å². The molecule has 0 bridgehead atoms. The lowest BCUT2D eigenvalue weighted by Crippen LogP contribution is -2.43. The molecule has 1 aliphatic heterocycles. The highest BCUT2D eigenvalue weighted by Gasteiger charge is 2.23. The molecule has 0 amide bonds. The zero-order chi connectivity index (χ0) is 24.7. The van der Waals surface area contributed by atoms with Crippen LogP contribution >= 0.6 is 0 Å². The smallest absolute Gasteiger partial charge is 0.272 e. The van der Waals surface area contributed by atoms with Crippen molar-refractivity contribution in [2.45, 2.75) is 32.9 Å². The van der Waals surface area contributed by atoms with Gasteiger partial charge in [-0.05, 0) is 30.8 Å². The van der Waals surface area contributed by atoms with Crippen molar-refractivity contribution in [1.82, 2.24) is 14.8 Å². The molecule has 2 heterocycles. The first kappa shape index (κ1) is 25.6. The molecule has 34 heavy (non-hydrogen) atoms. The molecule has 1 unspecified atom stereocenters. The van der Waals surface area contributed by atoms with Crippen LogP contribution in [-0.2, 0) is 13.0 Å². The summed E-state index contributed by atoms with van der Waals surface area (Å²) in [6.45, 7) is 8.67. The first-order valence-electron chi connectivity index (χ1n) is 11.7. The molecule has 1 saturated heterocycles. The molecule has 1 aromatic heterocycles. The second kappa shape index (κ2) is 11.9. The fourth-order valence-electron chi connectivity index (χ4n) is 4.18. The Morgan fingerprint density at radius 3 is 2.50 bits per heavy atom. The number of benzene rings is 2. The van der Waals surface area contributed by atoms with Crippen LogP contribution in [0, 0.1) is 10.1 Å². The maximum absolute atomic E-state index is 11.6. The SMILES string of the molecule is CC.COc1nc2ccccc2cc1C(O)Cc1cc(CN2CCN(C)CC2)ccc1[N+](=O)[O-]. The standard InChI is InChI=1S/C24H28N4O4.C2H6/c1-26-9-11-27(12-10-26)16-17-7-8-22(28(30)31)19(13-17)15-23(29)20-14-18-5-3-4-6-21(18)25-24(20)32-2;1-2/h3-8,13-14,23,29H,9-12,15-16H2,1-2H3;1-2H3. The average molecular weight is 467 g/mol. The van der Waals surface area contributed by atoms with E-state index in [0.29, 0.717) is 17.0 Å². The van der Waals surface area contributed by atoms with Crippen molar-refractivity contribution in [2.24, 2.45) is 0 Å². The lowest BCUT2D eigenvalue weighted by atomic mass is 9.98. The highest BCUT2D eigenvalue weighted by Crippen LogP contribution is 2.32. The highest BCUT2D eigenvalue weighted by atomic mass is 16.6. The second-order valence-corrected chi connectivity index (χ2v) is 8.30. The van der Waals surface area contributed by atoms with Crippen molar-refractivity contribution >= 4 is 16.6 Å². The summed E-state index contributed by atoms with van der Waals surface area (Å²) in [5, 5.41) is 23.6. The van der Waals surface area contributed by atoms with E-state index >= 15 is 0 Å². The van der Waals surface area contributed by atoms with Crippen LogP contribution in [0.5, 0.6) is 5.88 Å². The number of para-hydroxylation sites is 1. The predicted molar refractivity (Wildman–Crippen MR) is 134 cm³/mol. The van der Waals surface area contributed by atoms with E-state index in [1.807, 2.05) is 56.3 Å². The normalized spacial score (nSPS) is 15.4. The van der Waals surface area contributed by atoms with E-state index in [-0.39, 0.29) is 12.1 Å². The lowest BCUT2D eigenvalue weighted by Gasteiger charge is -2.32. The molecule has 2 aromatic carbocycles. The van der Waals surface area contributed by atoms with Gasteiger partial charge in [0.2, 0.25) is 5.88 Å². The maximum atomic E-state index is 11.6. The first-order valence-corrected chi connectivity index (χ1v) is 11.7. The van der Waals surface area contributed by atoms with Crippen molar-refractivity contribution in [3.05, 3.63) is 75.3 Å². The van der Waals surface area contributed by atoms with Gasteiger partial charge in [-0.2, -0.15) is 0 Å². The minimum absolute atomic E-state index is 0.0129. The number of ether oxygens (including phenoxy) is 1. The van der Waals surface area contributed by atoms with Crippen LogP contribution in [0.25, 0.3) is 10.9 Å². The molecule has 1 atom stereocenters. The molecule has 1 aliphatic rings. The molecular weight excluding hydrogens is 432 g/mol. The molecule has 0 radical (unpaired) electrons. The van der Waals surface area contributed by atoms with Crippen molar-refractivity contribution in [1.29, 1.82) is 0 Å². The van der Waals surface area contributed by atoms with Crippen LogP contribution in [0.1, 0.15) is 36.6 Å². The fourth-order valence-corrected chi connectivity index (χ4v) is 4.18. The Kier molecular flexibility index (Phi) is 8.92. The van der Waals surface area contributed by atoms with Gasteiger partial charge in [0.15, 0.2) is 0 Å². The number of pyridine rings is 1. The Bertz CT molecular complexity index is 1110. The van der Waals surface area contributed by atoms with Gasteiger partial charge in [-0.25, -0.2) is 4.98 Å². The Labute approximate surface area is 200 Å². The summed E-state index contributed by atoms with van der Waals surface area (Å²) in [4.78, 5) is 20.4. The molecular formula is C26H34N4O4. The van der Waals surface area contributed by atoms with E-state index < -0.39 is 11.0 Å². The third kappa shape index (κ3) is 6.08. The summed E-state index contributed by atoms with van der Waals surface area (Å²) >= 11 is 0. The van der Waals surface area contributed by atoms with Crippen molar-refractivity contribution in [3.8, 4) is 5.88 Å². The monoisotopic (exact) mass is 466 g/mol. The van der Waals surface area contributed by atoms with Gasteiger partial charge in [-0.1, -0.05) is 38.1 Å². The number of hydrogen-bond acceptors (Lipinski definition) is 7. The second-order valence-electron chi connectivity index (χ2n) is 8.30. The van der Waals surface area contributed by atoms with Crippen LogP contribution < -0.4 is 4.74 Å². The number of hydrogen-bond donors (Lipinski definition) is 1. The molecule has 3 aromatic rings. The Balaban J connectivity index is 0.00000158. The summed E-state index contributed by atoms with van der Waals surface area (Å²) in [6, 6.07) is 14.6. The summed E-state index contributed by atoms with van der Waals surface area (Å²) in [6.07, 6.45) is -0.886. The number of nitro benzene ring substituents is 1. The van der Waals surface area contributed by atoms with E-state index in [2.05, 4.69) is 21.8 Å². The topological polar surface area (TPSA) is 92.0 Å². The first-order chi connectivity index (χ1) is 16.4. The number of piperazine rings is 1. The van der Waals surface area contributed by atoms with Crippen LogP contribution in [-0.4, -0.2) is 65.2 Å². The number of aliphatic hydroxyl groups is 1. The summed E-state index contributed by atoms with van der Waals surface area (Å²) in [5.74, 6) is 0.326. The zero-order valence-corrected chi connectivity index (χ0v) is 20.4. The molecule has 0 aliphatic carbocycles. The fraction of sp³-hybridized carbons (Fsp3) is 0.423. The third-order valence-electron chi connectivity index (χ3n) is 6.02. The van der Waals surface area contributed by atoms with Crippen molar-refractivity contribution in [2.75, 3.05) is 40.3 Å². The highest BCUT2D eigenvalue weighted by molar-refractivity contribution is 5.80. The number of nitrogens with zero attached hydrogens (tertiary/aromatic N) is 4. The van der Waals surface area contributed by atoms with Crippen LogP contribution in [0.2, 0.25) is 0 Å². The minimum Gasteiger partial charge on any atom is -0.481 e. The number of aromatic nitrogens is 1. The number of aliphatic hydroxyl groups excluding tert-OH is 1. The minimum atomic E-state index is -0.986. The summed E-state index contributed by atoms with van der Waals surface area (Å²) in [5.41, 5.74) is 2.81. The van der Waals surface area contributed by atoms with Gasteiger partial charge in [-0.15, -0.1) is 0 Å². The van der Waals surface area contributed by atoms with Gasteiger partial charge < -0.3 is 14.7 Å². The van der Waals surface area contributed by atoms with Gasteiger partial charge in [-0.3, -0.25) is 15.0 Å². The molecule has 182 valence electrons. The number of likely N-dealkylation sites (N-methyl/N-ethyl adjacent to an activating group) is 1. The molecule has 0 saturated carbocycles. The Morgan fingerprint density at radius 2 is 1.82 bits per heavy atom. The van der Waals surface area contributed by atoms with Gasteiger partial charge >= 0.3 is 0 Å². The predicted octanol–water partition coefficient (Wildman–Crippen LogP) is 4.20. The largest absolute Gasteiger partial charge is 0.481 e. The molecule has 0 spiro atoms. The van der Waals surface area contributed by atoms with E-state index in [1.165, 1.54) is 7.11 Å². The van der Waals surface area contributed by atoms with E-state index in [1.54, 1.807) is 6.07 Å². The Morgan fingerprint density at radius 1 is 1.12 bits per heavy atom. The quantitative estimate of drug-likeness (QED) is 0.412. The third-order valence-corrected chi connectivity index (χ3v) is 6.02. The van der Waals surface area contributed by atoms with Crippen LogP contribution in [0.3, 0.4) is 0 Å². The molecule has 4 rings (SSSR count). The van der Waals surface area contributed by atoms with Gasteiger partial charge in [0.25, 0.3) is 5.69 Å². The van der Waals surface area contributed by atoms with Crippen molar-refractivity contribution in [3.63, 3.8) is 0 Å². The number of methoxy groups -OCH3 is 1. The van der Waals surface area contributed by atoms with Crippen molar-refractivity contribution < 1.29 is 14.8 Å². The summed E-state index contributed by atoms with van der Waals surface area (Å²) < 4.78 is 5.41.